The lowest BCUT2D eigenvalue weighted by atomic mass is 10.2. The Morgan fingerprint density at radius 1 is 1.18 bits per heavy atom. The van der Waals surface area contributed by atoms with Gasteiger partial charge in [-0.25, -0.2) is 4.68 Å². The van der Waals surface area contributed by atoms with Crippen molar-refractivity contribution in [3.63, 3.8) is 0 Å². The molecular formula is C24H21ClN4O5. The minimum Gasteiger partial charge on any atom is -0.484 e. The molecule has 0 saturated heterocycles. The average Bonchev–Trinajstić information content (AvgIpc) is 3.42. The van der Waals surface area contributed by atoms with E-state index >= 15 is 0 Å². The van der Waals surface area contributed by atoms with Crippen molar-refractivity contribution in [3.05, 3.63) is 104 Å². The summed E-state index contributed by atoms with van der Waals surface area (Å²) >= 11 is 6.04. The van der Waals surface area contributed by atoms with Crippen LogP contribution in [0.15, 0.2) is 65.1 Å². The molecule has 0 saturated carbocycles. The summed E-state index contributed by atoms with van der Waals surface area (Å²) in [6.45, 7) is 4.10. The van der Waals surface area contributed by atoms with Gasteiger partial charge in [0.15, 0.2) is 5.76 Å². The van der Waals surface area contributed by atoms with Gasteiger partial charge in [0, 0.05) is 23.9 Å². The number of halogens is 1. The third-order valence-electron chi connectivity index (χ3n) is 5.25. The number of nitrogens with zero attached hydrogens (tertiary/aromatic N) is 3. The van der Waals surface area contributed by atoms with Crippen LogP contribution < -0.4 is 10.1 Å². The summed E-state index contributed by atoms with van der Waals surface area (Å²) in [6, 6.07) is 16.8. The van der Waals surface area contributed by atoms with E-state index in [4.69, 9.17) is 20.8 Å². The molecule has 0 aliphatic rings. The van der Waals surface area contributed by atoms with Gasteiger partial charge < -0.3 is 14.5 Å². The molecular weight excluding hydrogens is 460 g/mol. The molecule has 0 unspecified atom stereocenters. The Balaban J connectivity index is 1.39. The normalized spacial score (nSPS) is 10.8. The van der Waals surface area contributed by atoms with Gasteiger partial charge in [-0.05, 0) is 44.2 Å². The third-order valence-corrected chi connectivity index (χ3v) is 5.56. The zero-order valence-corrected chi connectivity index (χ0v) is 19.2. The first-order valence-corrected chi connectivity index (χ1v) is 10.8. The Morgan fingerprint density at radius 3 is 2.68 bits per heavy atom. The van der Waals surface area contributed by atoms with Gasteiger partial charge in [0.2, 0.25) is 0 Å². The maximum Gasteiger partial charge on any atom is 0.287 e. The van der Waals surface area contributed by atoms with Crippen molar-refractivity contribution in [1.29, 1.82) is 0 Å². The van der Waals surface area contributed by atoms with Gasteiger partial charge in [-0.1, -0.05) is 29.8 Å². The minimum atomic E-state index is -0.536. The molecule has 0 fully saturated rings. The largest absolute Gasteiger partial charge is 0.484 e. The number of aromatic nitrogens is 2. The number of rotatable bonds is 8. The van der Waals surface area contributed by atoms with Crippen LogP contribution in [0.2, 0.25) is 5.02 Å². The van der Waals surface area contributed by atoms with Crippen molar-refractivity contribution < 1.29 is 18.9 Å². The van der Waals surface area contributed by atoms with E-state index in [0.29, 0.717) is 12.3 Å². The lowest BCUT2D eigenvalue weighted by Gasteiger charge is -2.07. The number of ether oxygens (including phenoxy) is 1. The lowest BCUT2D eigenvalue weighted by molar-refractivity contribution is -0.384. The zero-order chi connectivity index (χ0) is 24.2. The summed E-state index contributed by atoms with van der Waals surface area (Å²) in [7, 11) is 0. The number of benzene rings is 2. The summed E-state index contributed by atoms with van der Waals surface area (Å²) in [6.07, 6.45) is 0. The average molecular weight is 481 g/mol. The summed E-state index contributed by atoms with van der Waals surface area (Å²) in [4.78, 5) is 23.0. The number of non-ortho nitro benzene ring substituents is 1. The maximum atomic E-state index is 12.6. The molecule has 2 aromatic carbocycles. The van der Waals surface area contributed by atoms with Gasteiger partial charge in [-0.3, -0.25) is 14.9 Å². The fraction of sp³-hybridized carbons (Fsp3) is 0.167. The lowest BCUT2D eigenvalue weighted by Crippen LogP contribution is -2.23. The Kier molecular flexibility index (Phi) is 6.65. The number of amides is 1. The molecule has 0 radical (unpaired) electrons. The molecule has 0 aliphatic heterocycles. The molecule has 34 heavy (non-hydrogen) atoms. The number of hydrogen-bond donors (Lipinski definition) is 1. The highest BCUT2D eigenvalue weighted by Gasteiger charge is 2.17. The van der Waals surface area contributed by atoms with Crippen LogP contribution in [-0.4, -0.2) is 20.6 Å². The van der Waals surface area contributed by atoms with Crippen molar-refractivity contribution in [1.82, 2.24) is 15.1 Å². The Hall–Kier alpha value is -4.11. The van der Waals surface area contributed by atoms with E-state index in [1.54, 1.807) is 6.07 Å². The van der Waals surface area contributed by atoms with Crippen molar-refractivity contribution in [2.45, 2.75) is 27.0 Å². The van der Waals surface area contributed by atoms with Crippen molar-refractivity contribution in [3.8, 4) is 11.4 Å². The first kappa shape index (κ1) is 23.1. The molecule has 9 nitrogen and oxygen atoms in total. The van der Waals surface area contributed by atoms with E-state index in [1.165, 1.54) is 24.3 Å². The second-order valence-electron chi connectivity index (χ2n) is 7.51. The molecule has 0 aliphatic carbocycles. The molecule has 0 spiro atoms. The Labute approximate surface area is 200 Å². The molecule has 4 aromatic rings. The van der Waals surface area contributed by atoms with Gasteiger partial charge in [-0.15, -0.1) is 0 Å². The number of nitro benzene ring substituents is 1. The predicted molar refractivity (Wildman–Crippen MR) is 125 cm³/mol. The van der Waals surface area contributed by atoms with E-state index in [1.807, 2.05) is 48.9 Å². The number of nitrogens with one attached hydrogen (secondary N) is 1. The Bertz CT molecular complexity index is 1350. The smallest absolute Gasteiger partial charge is 0.287 e. The molecule has 0 bridgehead atoms. The van der Waals surface area contributed by atoms with Crippen LogP contribution in [0.5, 0.6) is 5.75 Å². The van der Waals surface area contributed by atoms with Crippen LogP contribution in [-0.2, 0) is 13.2 Å². The van der Waals surface area contributed by atoms with Crippen molar-refractivity contribution in [2.75, 3.05) is 0 Å². The number of para-hydroxylation sites is 1. The van der Waals surface area contributed by atoms with Gasteiger partial charge in [0.25, 0.3) is 11.6 Å². The number of hydrogen-bond acceptors (Lipinski definition) is 6. The zero-order valence-electron chi connectivity index (χ0n) is 18.4. The van der Waals surface area contributed by atoms with E-state index in [2.05, 4.69) is 10.4 Å². The van der Waals surface area contributed by atoms with Crippen molar-refractivity contribution in [2.24, 2.45) is 0 Å². The van der Waals surface area contributed by atoms with Crippen LogP contribution in [0, 0.1) is 24.0 Å². The van der Waals surface area contributed by atoms with E-state index in [-0.39, 0.29) is 34.7 Å². The van der Waals surface area contributed by atoms with E-state index < -0.39 is 4.92 Å². The number of carbonyl (C=O) groups is 1. The molecule has 1 amide bonds. The summed E-state index contributed by atoms with van der Waals surface area (Å²) in [5, 5.41) is 18.6. The van der Waals surface area contributed by atoms with Gasteiger partial charge in [0.05, 0.1) is 27.4 Å². The van der Waals surface area contributed by atoms with Gasteiger partial charge in [0.1, 0.15) is 18.1 Å². The fourth-order valence-electron chi connectivity index (χ4n) is 3.45. The third kappa shape index (κ3) is 4.94. The fourth-order valence-corrected chi connectivity index (χ4v) is 3.62. The monoisotopic (exact) mass is 480 g/mol. The molecule has 1 N–H and O–H groups in total. The van der Waals surface area contributed by atoms with Crippen LogP contribution >= 0.6 is 11.6 Å². The van der Waals surface area contributed by atoms with Gasteiger partial charge in [-0.2, -0.15) is 5.10 Å². The molecule has 4 rings (SSSR count). The SMILES string of the molecule is Cc1nn(-c2ccccc2)c(C)c1CNC(=O)c1ccc(COc2cc([N+](=O)[O-])ccc2Cl)o1. The van der Waals surface area contributed by atoms with Gasteiger partial charge >= 0.3 is 0 Å². The van der Waals surface area contributed by atoms with Crippen LogP contribution in [0.25, 0.3) is 5.69 Å². The first-order valence-electron chi connectivity index (χ1n) is 10.4. The molecule has 2 aromatic heterocycles. The van der Waals surface area contributed by atoms with Crippen LogP contribution in [0.4, 0.5) is 5.69 Å². The minimum absolute atomic E-state index is 0.0454. The number of nitro groups is 1. The highest BCUT2D eigenvalue weighted by Crippen LogP contribution is 2.29. The molecule has 10 heteroatoms. The standard InChI is InChI=1S/C24H21ClN4O5/c1-15-20(16(2)28(27-15)17-6-4-3-5-7-17)13-26-24(30)22-11-9-19(34-22)14-33-23-12-18(29(31)32)8-10-21(23)25/h3-12H,13-14H2,1-2H3,(H,26,30). The number of furan rings is 1. The predicted octanol–water partition coefficient (Wildman–Crippen LogP) is 5.15. The molecule has 174 valence electrons. The van der Waals surface area contributed by atoms with Crippen LogP contribution in [0.3, 0.4) is 0 Å². The highest BCUT2D eigenvalue weighted by molar-refractivity contribution is 6.32. The quantitative estimate of drug-likeness (QED) is 0.275. The number of carbonyl (C=O) groups excluding carboxylic acids is 1. The van der Waals surface area contributed by atoms with E-state index in [0.717, 1.165) is 22.6 Å². The first-order chi connectivity index (χ1) is 16.3. The summed E-state index contributed by atoms with van der Waals surface area (Å²) in [5.74, 6) is 0.261. The second-order valence-corrected chi connectivity index (χ2v) is 7.91. The highest BCUT2D eigenvalue weighted by atomic mass is 35.5. The summed E-state index contributed by atoms with van der Waals surface area (Å²) in [5.41, 5.74) is 3.49. The Morgan fingerprint density at radius 2 is 1.94 bits per heavy atom. The second kappa shape index (κ2) is 9.80. The van der Waals surface area contributed by atoms with E-state index in [9.17, 15) is 14.9 Å². The maximum absolute atomic E-state index is 12.6. The number of aryl methyl sites for hydroxylation is 1. The summed E-state index contributed by atoms with van der Waals surface area (Å²) < 4.78 is 13.0. The molecule has 0 atom stereocenters. The molecule has 2 heterocycles. The van der Waals surface area contributed by atoms with Crippen molar-refractivity contribution >= 4 is 23.2 Å². The van der Waals surface area contributed by atoms with Crippen LogP contribution in [0.1, 0.15) is 33.3 Å². The topological polar surface area (TPSA) is 112 Å².